The molecule has 0 spiro atoms. The van der Waals surface area contributed by atoms with Gasteiger partial charge in [-0.3, -0.25) is 0 Å². The molecule has 0 N–H and O–H groups in total. The highest BCUT2D eigenvalue weighted by molar-refractivity contribution is 5.66. The van der Waals surface area contributed by atoms with Crippen LogP contribution in [0.15, 0.2) is 84.9 Å². The van der Waals surface area contributed by atoms with Crippen LogP contribution in [-0.4, -0.2) is 15.0 Å². The molecule has 3 aromatic carbocycles. The van der Waals surface area contributed by atoms with Crippen molar-refractivity contribution in [1.82, 2.24) is 15.0 Å². The lowest BCUT2D eigenvalue weighted by molar-refractivity contribution is -0.137. The summed E-state index contributed by atoms with van der Waals surface area (Å²) in [6.07, 6.45) is -4.44. The topological polar surface area (TPSA) is 38.7 Å². The molecular formula is C22H14F3N3. The van der Waals surface area contributed by atoms with Gasteiger partial charge in [-0.1, -0.05) is 72.8 Å². The van der Waals surface area contributed by atoms with Crippen molar-refractivity contribution in [3.05, 3.63) is 90.5 Å². The van der Waals surface area contributed by atoms with E-state index in [0.717, 1.165) is 23.3 Å². The lowest BCUT2D eigenvalue weighted by atomic mass is 10.1. The number of hydrogen-bond donors (Lipinski definition) is 0. The number of hydrogen-bond acceptors (Lipinski definition) is 3. The highest BCUT2D eigenvalue weighted by atomic mass is 19.4. The number of halogens is 3. The van der Waals surface area contributed by atoms with Gasteiger partial charge < -0.3 is 0 Å². The van der Waals surface area contributed by atoms with Gasteiger partial charge in [-0.25, -0.2) is 15.0 Å². The lowest BCUT2D eigenvalue weighted by Crippen LogP contribution is -2.05. The van der Waals surface area contributed by atoms with Crippen LogP contribution in [0.5, 0.6) is 0 Å². The summed E-state index contributed by atoms with van der Waals surface area (Å²) in [6.45, 7) is 0. The predicted octanol–water partition coefficient (Wildman–Crippen LogP) is 5.89. The standard InChI is InChI=1S/C22H14F3N3/c23-22(24,25)18-13-7-12-17(14-18)21-27-19(15-8-3-1-4-9-15)26-20(28-21)16-10-5-2-6-11-16/h1-14H. The highest BCUT2D eigenvalue weighted by Gasteiger charge is 2.30. The fraction of sp³-hybridized carbons (Fsp3) is 0.0455. The molecule has 4 aromatic rings. The van der Waals surface area contributed by atoms with E-state index in [-0.39, 0.29) is 11.4 Å². The third kappa shape index (κ3) is 3.76. The van der Waals surface area contributed by atoms with E-state index in [0.29, 0.717) is 11.6 Å². The fourth-order valence-corrected chi connectivity index (χ4v) is 2.77. The van der Waals surface area contributed by atoms with Crippen molar-refractivity contribution in [1.29, 1.82) is 0 Å². The molecule has 0 saturated carbocycles. The summed E-state index contributed by atoms with van der Waals surface area (Å²) in [5.74, 6) is 1.00. The maximum atomic E-state index is 13.1. The van der Waals surface area contributed by atoms with Crippen LogP contribution in [0, 0.1) is 0 Å². The molecule has 1 aromatic heterocycles. The zero-order chi connectivity index (χ0) is 19.6. The van der Waals surface area contributed by atoms with Crippen molar-refractivity contribution in [3.63, 3.8) is 0 Å². The minimum atomic E-state index is -4.44. The Balaban J connectivity index is 1.90. The van der Waals surface area contributed by atoms with Gasteiger partial charge in [0, 0.05) is 16.7 Å². The largest absolute Gasteiger partial charge is 0.416 e. The van der Waals surface area contributed by atoms with Crippen molar-refractivity contribution in [2.24, 2.45) is 0 Å². The molecule has 0 aliphatic heterocycles. The van der Waals surface area contributed by atoms with E-state index in [1.807, 2.05) is 60.7 Å². The average molecular weight is 377 g/mol. The van der Waals surface area contributed by atoms with E-state index < -0.39 is 11.7 Å². The van der Waals surface area contributed by atoms with Crippen LogP contribution in [0.4, 0.5) is 13.2 Å². The van der Waals surface area contributed by atoms with Crippen LogP contribution in [0.3, 0.4) is 0 Å². The second-order valence-corrected chi connectivity index (χ2v) is 6.12. The first-order valence-electron chi connectivity index (χ1n) is 8.55. The van der Waals surface area contributed by atoms with Crippen LogP contribution in [-0.2, 0) is 6.18 Å². The van der Waals surface area contributed by atoms with Crippen molar-refractivity contribution in [2.75, 3.05) is 0 Å². The first kappa shape index (κ1) is 17.9. The minimum absolute atomic E-state index is 0.193. The smallest absolute Gasteiger partial charge is 0.208 e. The second kappa shape index (κ2) is 7.23. The van der Waals surface area contributed by atoms with Gasteiger partial charge >= 0.3 is 6.18 Å². The van der Waals surface area contributed by atoms with Crippen LogP contribution in [0.2, 0.25) is 0 Å². The van der Waals surface area contributed by atoms with Crippen molar-refractivity contribution < 1.29 is 13.2 Å². The van der Waals surface area contributed by atoms with Gasteiger partial charge in [0.2, 0.25) is 0 Å². The number of alkyl halides is 3. The van der Waals surface area contributed by atoms with Crippen molar-refractivity contribution in [3.8, 4) is 34.2 Å². The summed E-state index contributed by atoms with van der Waals surface area (Å²) < 4.78 is 39.4. The molecule has 0 saturated heterocycles. The molecule has 0 fully saturated rings. The van der Waals surface area contributed by atoms with E-state index >= 15 is 0 Å². The lowest BCUT2D eigenvalue weighted by Gasteiger charge is -2.10. The fourth-order valence-electron chi connectivity index (χ4n) is 2.77. The summed E-state index contributed by atoms with van der Waals surface area (Å²) in [7, 11) is 0. The van der Waals surface area contributed by atoms with E-state index in [9.17, 15) is 13.2 Å². The number of nitrogens with zero attached hydrogens (tertiary/aromatic N) is 3. The zero-order valence-electron chi connectivity index (χ0n) is 14.6. The van der Waals surface area contributed by atoms with Gasteiger partial charge in [-0.05, 0) is 12.1 Å². The molecule has 28 heavy (non-hydrogen) atoms. The van der Waals surface area contributed by atoms with Crippen molar-refractivity contribution in [2.45, 2.75) is 6.18 Å². The highest BCUT2D eigenvalue weighted by Crippen LogP contribution is 2.32. The Hall–Kier alpha value is -3.54. The van der Waals surface area contributed by atoms with E-state index in [1.54, 1.807) is 6.07 Å². The normalized spacial score (nSPS) is 11.4. The Bertz CT molecular complexity index is 1040. The van der Waals surface area contributed by atoms with Gasteiger partial charge in [0.25, 0.3) is 0 Å². The van der Waals surface area contributed by atoms with Gasteiger partial charge in [-0.15, -0.1) is 0 Å². The zero-order valence-corrected chi connectivity index (χ0v) is 14.6. The number of aromatic nitrogens is 3. The summed E-state index contributed by atoms with van der Waals surface area (Å²) in [4.78, 5) is 13.4. The number of rotatable bonds is 3. The monoisotopic (exact) mass is 377 g/mol. The molecule has 0 amide bonds. The molecule has 0 aliphatic rings. The molecule has 0 aliphatic carbocycles. The second-order valence-electron chi connectivity index (χ2n) is 6.12. The Labute approximate surface area is 159 Å². The Kier molecular flexibility index (Phi) is 4.61. The first-order valence-corrected chi connectivity index (χ1v) is 8.55. The quantitative estimate of drug-likeness (QED) is 0.447. The summed E-state index contributed by atoms with van der Waals surface area (Å²) in [6, 6.07) is 23.5. The van der Waals surface area contributed by atoms with Gasteiger partial charge in [0.15, 0.2) is 17.5 Å². The molecule has 0 atom stereocenters. The van der Waals surface area contributed by atoms with Crippen molar-refractivity contribution >= 4 is 0 Å². The molecule has 0 unspecified atom stereocenters. The molecule has 3 nitrogen and oxygen atoms in total. The third-order valence-electron chi connectivity index (χ3n) is 4.15. The van der Waals surface area contributed by atoms with Gasteiger partial charge in [-0.2, -0.15) is 13.2 Å². The molecule has 4 rings (SSSR count). The van der Waals surface area contributed by atoms with E-state index in [2.05, 4.69) is 15.0 Å². The molecule has 6 heteroatoms. The Morgan fingerprint density at radius 2 is 0.929 bits per heavy atom. The van der Waals surface area contributed by atoms with Crippen LogP contribution in [0.25, 0.3) is 34.2 Å². The van der Waals surface area contributed by atoms with Crippen LogP contribution >= 0.6 is 0 Å². The van der Waals surface area contributed by atoms with E-state index in [4.69, 9.17) is 0 Å². The minimum Gasteiger partial charge on any atom is -0.208 e. The van der Waals surface area contributed by atoms with Crippen LogP contribution < -0.4 is 0 Å². The molecule has 0 bridgehead atoms. The van der Waals surface area contributed by atoms with Gasteiger partial charge in [0.05, 0.1) is 5.56 Å². The summed E-state index contributed by atoms with van der Waals surface area (Å²) in [5, 5.41) is 0. The maximum Gasteiger partial charge on any atom is 0.416 e. The van der Waals surface area contributed by atoms with E-state index in [1.165, 1.54) is 6.07 Å². The SMILES string of the molecule is FC(F)(F)c1cccc(-c2nc(-c3ccccc3)nc(-c3ccccc3)n2)c1. The molecule has 0 radical (unpaired) electrons. The first-order chi connectivity index (χ1) is 13.5. The summed E-state index contributed by atoms with van der Waals surface area (Å²) >= 11 is 0. The number of benzene rings is 3. The van der Waals surface area contributed by atoms with Crippen LogP contribution in [0.1, 0.15) is 5.56 Å². The Morgan fingerprint density at radius 3 is 1.39 bits per heavy atom. The van der Waals surface area contributed by atoms with Gasteiger partial charge in [0.1, 0.15) is 0 Å². The molecular weight excluding hydrogens is 363 g/mol. The summed E-state index contributed by atoms with van der Waals surface area (Å²) in [5.41, 5.74) is 1.06. The molecule has 138 valence electrons. The average Bonchev–Trinajstić information content (AvgIpc) is 2.74. The third-order valence-corrected chi connectivity index (χ3v) is 4.15. The Morgan fingerprint density at radius 1 is 0.500 bits per heavy atom. The molecule has 1 heterocycles. The predicted molar refractivity (Wildman–Crippen MR) is 101 cm³/mol. The maximum absolute atomic E-state index is 13.1.